The lowest BCUT2D eigenvalue weighted by Crippen LogP contribution is -2.48. The molecule has 1 fully saturated rings. The summed E-state index contributed by atoms with van der Waals surface area (Å²) in [5.74, 6) is 0.673. The van der Waals surface area contributed by atoms with E-state index in [9.17, 15) is 4.79 Å². The van der Waals surface area contributed by atoms with Crippen molar-refractivity contribution < 1.29 is 9.53 Å². The number of aryl methyl sites for hydroxylation is 1. The summed E-state index contributed by atoms with van der Waals surface area (Å²) < 4.78 is 7.48. The second-order valence-electron chi connectivity index (χ2n) is 8.52. The van der Waals surface area contributed by atoms with Gasteiger partial charge in [0.25, 0.3) is 5.91 Å². The Kier molecular flexibility index (Phi) is 6.02. The van der Waals surface area contributed by atoms with E-state index < -0.39 is 0 Å². The van der Waals surface area contributed by atoms with Gasteiger partial charge in [-0.1, -0.05) is 49.4 Å². The molecule has 0 spiro atoms. The molecular formula is C27H29N5O2. The first-order chi connectivity index (χ1) is 16.6. The molecule has 34 heavy (non-hydrogen) atoms. The molecule has 0 unspecified atom stereocenters. The Balaban J connectivity index is 1.70. The van der Waals surface area contributed by atoms with Crippen LogP contribution >= 0.6 is 0 Å². The molecule has 7 heteroatoms. The normalized spacial score (nSPS) is 14.5. The van der Waals surface area contributed by atoms with E-state index in [1.807, 2.05) is 77.0 Å². The summed E-state index contributed by atoms with van der Waals surface area (Å²) in [5, 5.41) is 4.84. The van der Waals surface area contributed by atoms with E-state index in [1.165, 1.54) is 0 Å². The molecule has 0 radical (unpaired) electrons. The number of hydrogen-bond acceptors (Lipinski definition) is 5. The van der Waals surface area contributed by atoms with Crippen LogP contribution in [-0.2, 0) is 0 Å². The number of aromatic nitrogens is 3. The summed E-state index contributed by atoms with van der Waals surface area (Å²) in [6.07, 6.45) is 0. The predicted octanol–water partition coefficient (Wildman–Crippen LogP) is 4.16. The van der Waals surface area contributed by atoms with Crippen molar-refractivity contribution in [3.05, 3.63) is 72.1 Å². The van der Waals surface area contributed by atoms with Gasteiger partial charge in [-0.2, -0.15) is 5.10 Å². The van der Waals surface area contributed by atoms with Gasteiger partial charge in [0.1, 0.15) is 11.4 Å². The third kappa shape index (κ3) is 3.92. The summed E-state index contributed by atoms with van der Waals surface area (Å²) in [5.41, 5.74) is 5.55. The summed E-state index contributed by atoms with van der Waals surface area (Å²) >= 11 is 0. The van der Waals surface area contributed by atoms with E-state index >= 15 is 0 Å². The number of nitrogens with zero attached hydrogens (tertiary/aromatic N) is 5. The number of amides is 1. The zero-order valence-corrected chi connectivity index (χ0v) is 19.9. The molecule has 1 amide bonds. The number of fused-ring (bicyclic) bond motifs is 1. The maximum atomic E-state index is 13.6. The van der Waals surface area contributed by atoms with Crippen LogP contribution in [0.3, 0.4) is 0 Å². The fourth-order valence-corrected chi connectivity index (χ4v) is 4.65. The fraction of sp³-hybridized carbons (Fsp3) is 0.296. The number of carbonyl (C=O) groups is 1. The van der Waals surface area contributed by atoms with E-state index in [1.54, 1.807) is 7.11 Å². The largest absolute Gasteiger partial charge is 0.496 e. The van der Waals surface area contributed by atoms with Gasteiger partial charge in [-0.05, 0) is 37.2 Å². The minimum Gasteiger partial charge on any atom is -0.496 e. The molecule has 7 nitrogen and oxygen atoms in total. The minimum atomic E-state index is -0.0488. The van der Waals surface area contributed by atoms with Gasteiger partial charge in [0, 0.05) is 37.3 Å². The Bertz CT molecular complexity index is 1320. The highest BCUT2D eigenvalue weighted by molar-refractivity contribution is 5.95. The molecule has 1 saturated heterocycles. The Morgan fingerprint density at radius 2 is 1.71 bits per heavy atom. The SMILES string of the molecule is CCN1CCN(C(=O)c2cc(-c3ccccc3OC)n3nc(C)c(-c4ccccc4)c3n2)CC1. The lowest BCUT2D eigenvalue weighted by atomic mass is 10.1. The summed E-state index contributed by atoms with van der Waals surface area (Å²) in [6.45, 7) is 8.30. The maximum Gasteiger partial charge on any atom is 0.272 e. The van der Waals surface area contributed by atoms with Crippen LogP contribution in [0.2, 0.25) is 0 Å². The number of carbonyl (C=O) groups excluding carboxylic acids is 1. The van der Waals surface area contributed by atoms with Crippen LogP contribution in [-0.4, -0.2) is 70.1 Å². The molecule has 174 valence electrons. The van der Waals surface area contributed by atoms with Gasteiger partial charge in [-0.25, -0.2) is 9.50 Å². The third-order valence-electron chi connectivity index (χ3n) is 6.54. The van der Waals surface area contributed by atoms with Gasteiger partial charge in [-0.15, -0.1) is 0 Å². The van der Waals surface area contributed by atoms with Crippen LogP contribution in [0.1, 0.15) is 23.1 Å². The number of methoxy groups -OCH3 is 1. The molecule has 4 aromatic rings. The van der Waals surface area contributed by atoms with E-state index in [0.29, 0.717) is 24.4 Å². The predicted molar refractivity (Wildman–Crippen MR) is 133 cm³/mol. The number of ether oxygens (including phenoxy) is 1. The zero-order chi connectivity index (χ0) is 23.7. The molecule has 2 aromatic carbocycles. The Labute approximate surface area is 199 Å². The molecular weight excluding hydrogens is 426 g/mol. The summed E-state index contributed by atoms with van der Waals surface area (Å²) in [7, 11) is 1.65. The molecule has 3 heterocycles. The van der Waals surface area contributed by atoms with Crippen molar-refractivity contribution in [2.24, 2.45) is 0 Å². The minimum absolute atomic E-state index is 0.0488. The summed E-state index contributed by atoms with van der Waals surface area (Å²) in [4.78, 5) is 22.8. The Morgan fingerprint density at radius 1 is 1.00 bits per heavy atom. The van der Waals surface area contributed by atoms with Crippen molar-refractivity contribution in [1.82, 2.24) is 24.4 Å². The smallest absolute Gasteiger partial charge is 0.272 e. The summed E-state index contributed by atoms with van der Waals surface area (Å²) in [6, 6.07) is 19.7. The van der Waals surface area contributed by atoms with E-state index in [-0.39, 0.29) is 5.91 Å². The van der Waals surface area contributed by atoms with Crippen molar-refractivity contribution in [3.8, 4) is 28.1 Å². The first-order valence-electron chi connectivity index (χ1n) is 11.7. The van der Waals surface area contributed by atoms with Gasteiger partial charge in [0.2, 0.25) is 0 Å². The average molecular weight is 456 g/mol. The van der Waals surface area contributed by atoms with Crippen molar-refractivity contribution in [2.45, 2.75) is 13.8 Å². The lowest BCUT2D eigenvalue weighted by molar-refractivity contribution is 0.0638. The molecule has 5 rings (SSSR count). The molecule has 0 aliphatic carbocycles. The molecule has 1 aliphatic heterocycles. The standard InChI is InChI=1S/C27H29N5O2/c1-4-30-14-16-31(17-15-30)27(33)22-18-23(21-12-8-9-13-24(21)34-3)32-26(28-22)25(19(2)29-32)20-10-6-5-7-11-20/h5-13,18H,4,14-17H2,1-3H3. The van der Waals surface area contributed by atoms with E-state index in [2.05, 4.69) is 11.8 Å². The van der Waals surface area contributed by atoms with E-state index in [4.69, 9.17) is 14.8 Å². The van der Waals surface area contributed by atoms with Crippen molar-refractivity contribution in [1.29, 1.82) is 0 Å². The first-order valence-corrected chi connectivity index (χ1v) is 11.7. The van der Waals surface area contributed by atoms with E-state index in [0.717, 1.165) is 53.5 Å². The third-order valence-corrected chi connectivity index (χ3v) is 6.54. The molecule has 1 aliphatic rings. The Morgan fingerprint density at radius 3 is 2.41 bits per heavy atom. The van der Waals surface area contributed by atoms with Gasteiger partial charge in [0.05, 0.1) is 18.5 Å². The van der Waals surface area contributed by atoms with Crippen LogP contribution in [0.5, 0.6) is 5.75 Å². The van der Waals surface area contributed by atoms with Crippen LogP contribution in [0.25, 0.3) is 28.0 Å². The highest BCUT2D eigenvalue weighted by Gasteiger charge is 2.26. The molecule has 0 N–H and O–H groups in total. The van der Waals surface area contributed by atoms with Gasteiger partial charge >= 0.3 is 0 Å². The first kappa shape index (κ1) is 22.1. The highest BCUT2D eigenvalue weighted by atomic mass is 16.5. The second kappa shape index (κ2) is 9.27. The number of benzene rings is 2. The number of piperazine rings is 1. The topological polar surface area (TPSA) is 63.0 Å². The number of para-hydroxylation sites is 1. The average Bonchev–Trinajstić information content (AvgIpc) is 3.23. The number of likely N-dealkylation sites (N-methyl/N-ethyl adjacent to an activating group) is 1. The fourth-order valence-electron chi connectivity index (χ4n) is 4.65. The van der Waals surface area contributed by atoms with Gasteiger partial charge < -0.3 is 14.5 Å². The molecule has 2 aromatic heterocycles. The van der Waals surface area contributed by atoms with Crippen LogP contribution in [0.15, 0.2) is 60.7 Å². The number of rotatable bonds is 5. The monoisotopic (exact) mass is 455 g/mol. The highest BCUT2D eigenvalue weighted by Crippen LogP contribution is 2.34. The van der Waals surface area contributed by atoms with Crippen molar-refractivity contribution in [2.75, 3.05) is 39.8 Å². The van der Waals surface area contributed by atoms with Crippen LogP contribution in [0.4, 0.5) is 0 Å². The van der Waals surface area contributed by atoms with Crippen LogP contribution < -0.4 is 4.74 Å². The van der Waals surface area contributed by atoms with Crippen LogP contribution in [0, 0.1) is 6.92 Å². The van der Waals surface area contributed by atoms with Gasteiger partial charge in [0.15, 0.2) is 5.65 Å². The van der Waals surface area contributed by atoms with Crippen molar-refractivity contribution >= 4 is 11.6 Å². The maximum absolute atomic E-state index is 13.6. The van der Waals surface area contributed by atoms with Crippen molar-refractivity contribution in [3.63, 3.8) is 0 Å². The lowest BCUT2D eigenvalue weighted by Gasteiger charge is -2.33. The van der Waals surface area contributed by atoms with Gasteiger partial charge in [-0.3, -0.25) is 4.79 Å². The number of hydrogen-bond donors (Lipinski definition) is 0. The Hall–Kier alpha value is -3.71. The zero-order valence-electron chi connectivity index (χ0n) is 19.9. The molecule has 0 atom stereocenters. The molecule has 0 saturated carbocycles. The second-order valence-corrected chi connectivity index (χ2v) is 8.52. The molecule has 0 bridgehead atoms. The quantitative estimate of drug-likeness (QED) is 0.452.